The summed E-state index contributed by atoms with van der Waals surface area (Å²) in [4.78, 5) is 26.6. The lowest BCUT2D eigenvalue weighted by atomic mass is 10.1. The van der Waals surface area contributed by atoms with Gasteiger partial charge in [-0.05, 0) is 12.1 Å². The fraction of sp³-hybridized carbons (Fsp3) is 0.182. The van der Waals surface area contributed by atoms with Crippen molar-refractivity contribution in [3.05, 3.63) is 24.3 Å². The summed E-state index contributed by atoms with van der Waals surface area (Å²) in [7, 11) is 0. The van der Waals surface area contributed by atoms with Crippen molar-refractivity contribution >= 4 is 29.3 Å². The zero-order valence-electron chi connectivity index (χ0n) is 8.51. The number of hydrogen-bond acceptors (Lipinski definition) is 4. The van der Waals surface area contributed by atoms with E-state index in [1.54, 1.807) is 24.3 Å². The number of nitrogen functional groups attached to an aromatic ring is 1. The number of Topliss-reactive ketones (excluding diaryl/α,β-unsaturated/α-hetero) is 1. The first-order valence-corrected chi connectivity index (χ1v) is 4.87. The van der Waals surface area contributed by atoms with Crippen LogP contribution in [0.1, 0.15) is 0 Å². The summed E-state index contributed by atoms with van der Waals surface area (Å²) in [5, 5.41) is 2.46. The Kier molecular flexibility index (Phi) is 2.68. The van der Waals surface area contributed by atoms with Gasteiger partial charge in [0.1, 0.15) is 5.92 Å². The van der Waals surface area contributed by atoms with Gasteiger partial charge in [-0.3, -0.25) is 14.6 Å². The molecular formula is C11H11N3O2. The molecule has 0 aromatic heterocycles. The number of benzene rings is 1. The second-order valence-electron chi connectivity index (χ2n) is 3.50. The first-order valence-electron chi connectivity index (χ1n) is 4.87. The number of para-hydroxylation sites is 2. The lowest BCUT2D eigenvalue weighted by Gasteiger charge is -1.99. The summed E-state index contributed by atoms with van der Waals surface area (Å²) in [6.45, 7) is 0.0831. The predicted molar refractivity (Wildman–Crippen MR) is 60.5 cm³/mol. The largest absolute Gasteiger partial charge is 0.397 e. The monoisotopic (exact) mass is 217 g/mol. The highest BCUT2D eigenvalue weighted by atomic mass is 16.2. The summed E-state index contributed by atoms with van der Waals surface area (Å²) in [5.74, 6) is -1.24. The maximum Gasteiger partial charge on any atom is 0.236 e. The van der Waals surface area contributed by atoms with E-state index in [9.17, 15) is 9.59 Å². The van der Waals surface area contributed by atoms with E-state index in [1.165, 1.54) is 6.21 Å². The molecule has 0 bridgehead atoms. The third-order valence-electron chi connectivity index (χ3n) is 2.37. The number of amides is 1. The second-order valence-corrected chi connectivity index (χ2v) is 3.50. The van der Waals surface area contributed by atoms with Crippen molar-refractivity contribution in [2.45, 2.75) is 0 Å². The number of nitrogens with two attached hydrogens (primary N) is 1. The van der Waals surface area contributed by atoms with Gasteiger partial charge in [-0.1, -0.05) is 12.1 Å². The zero-order chi connectivity index (χ0) is 11.5. The van der Waals surface area contributed by atoms with E-state index in [1.807, 2.05) is 0 Å². The minimum absolute atomic E-state index is 0.0831. The Morgan fingerprint density at radius 3 is 2.75 bits per heavy atom. The lowest BCUT2D eigenvalue weighted by Crippen LogP contribution is -2.20. The lowest BCUT2D eigenvalue weighted by molar-refractivity contribution is -0.124. The average Bonchev–Trinajstić information content (AvgIpc) is 2.58. The first-order chi connectivity index (χ1) is 7.68. The molecule has 0 spiro atoms. The third kappa shape index (κ3) is 1.93. The van der Waals surface area contributed by atoms with Crippen LogP contribution in [0.2, 0.25) is 0 Å². The summed E-state index contributed by atoms with van der Waals surface area (Å²) in [5.41, 5.74) is 6.76. The van der Waals surface area contributed by atoms with Crippen LogP contribution in [0.25, 0.3) is 0 Å². The van der Waals surface area contributed by atoms with Crippen LogP contribution in [0, 0.1) is 5.92 Å². The number of aliphatic imine (C=N–C) groups is 1. The maximum absolute atomic E-state index is 11.3. The molecule has 0 saturated carbocycles. The van der Waals surface area contributed by atoms with Crippen LogP contribution in [-0.4, -0.2) is 24.4 Å². The quantitative estimate of drug-likeness (QED) is 0.424. The molecule has 5 nitrogen and oxygen atoms in total. The molecule has 1 atom stereocenters. The Hall–Kier alpha value is -2.17. The molecule has 1 aliphatic heterocycles. The fourth-order valence-corrected chi connectivity index (χ4v) is 1.45. The molecule has 1 aromatic carbocycles. The van der Waals surface area contributed by atoms with E-state index in [0.29, 0.717) is 11.4 Å². The highest BCUT2D eigenvalue weighted by Crippen LogP contribution is 2.20. The van der Waals surface area contributed by atoms with Gasteiger partial charge in [-0.25, -0.2) is 0 Å². The van der Waals surface area contributed by atoms with Gasteiger partial charge in [0.2, 0.25) is 5.91 Å². The molecule has 1 unspecified atom stereocenters. The molecule has 1 heterocycles. The zero-order valence-corrected chi connectivity index (χ0v) is 8.51. The highest BCUT2D eigenvalue weighted by Gasteiger charge is 2.30. The van der Waals surface area contributed by atoms with Crippen LogP contribution in [0.15, 0.2) is 29.3 Å². The highest BCUT2D eigenvalue weighted by molar-refractivity contribution is 6.19. The van der Waals surface area contributed by atoms with Gasteiger partial charge >= 0.3 is 0 Å². The van der Waals surface area contributed by atoms with E-state index in [4.69, 9.17) is 5.73 Å². The molecule has 1 saturated heterocycles. The van der Waals surface area contributed by atoms with Crippen LogP contribution < -0.4 is 11.1 Å². The third-order valence-corrected chi connectivity index (χ3v) is 2.37. The molecule has 0 aliphatic carbocycles. The van der Waals surface area contributed by atoms with Crippen molar-refractivity contribution in [2.75, 3.05) is 12.3 Å². The molecule has 5 heteroatoms. The van der Waals surface area contributed by atoms with Crippen LogP contribution >= 0.6 is 0 Å². The van der Waals surface area contributed by atoms with Crippen molar-refractivity contribution in [2.24, 2.45) is 10.9 Å². The van der Waals surface area contributed by atoms with E-state index in [2.05, 4.69) is 10.3 Å². The van der Waals surface area contributed by atoms with Gasteiger partial charge in [0.15, 0.2) is 5.78 Å². The van der Waals surface area contributed by atoms with Gasteiger partial charge < -0.3 is 11.1 Å². The Bertz CT molecular complexity index is 452. The SMILES string of the molecule is Nc1ccccc1N=CC1C(=O)CNC1=O. The van der Waals surface area contributed by atoms with E-state index in [-0.39, 0.29) is 18.2 Å². The predicted octanol–water partition coefficient (Wildman–Crippen LogP) is 0.286. The summed E-state index contributed by atoms with van der Waals surface area (Å²) in [6, 6.07) is 7.02. The van der Waals surface area contributed by atoms with E-state index < -0.39 is 5.92 Å². The molecule has 0 radical (unpaired) electrons. The Morgan fingerprint density at radius 1 is 1.38 bits per heavy atom. The van der Waals surface area contributed by atoms with Crippen LogP contribution in [0.4, 0.5) is 11.4 Å². The summed E-state index contributed by atoms with van der Waals surface area (Å²) < 4.78 is 0. The van der Waals surface area contributed by atoms with E-state index in [0.717, 1.165) is 0 Å². The number of hydrogen-bond donors (Lipinski definition) is 2. The fourth-order valence-electron chi connectivity index (χ4n) is 1.45. The number of ketones is 1. The molecule has 16 heavy (non-hydrogen) atoms. The van der Waals surface area contributed by atoms with Crippen LogP contribution in [-0.2, 0) is 9.59 Å². The molecule has 1 aliphatic rings. The first kappa shape index (κ1) is 10.4. The van der Waals surface area contributed by atoms with Gasteiger partial charge in [0, 0.05) is 6.21 Å². The number of carbonyl (C=O) groups excluding carboxylic acids is 2. The number of carbonyl (C=O) groups is 2. The average molecular weight is 217 g/mol. The number of nitrogens with zero attached hydrogens (tertiary/aromatic N) is 1. The minimum atomic E-state index is -0.778. The molecule has 2 rings (SSSR count). The summed E-state index contributed by atoms with van der Waals surface area (Å²) in [6.07, 6.45) is 1.34. The van der Waals surface area contributed by atoms with Gasteiger partial charge in [-0.2, -0.15) is 0 Å². The van der Waals surface area contributed by atoms with Crippen LogP contribution in [0.3, 0.4) is 0 Å². The molecule has 3 N–H and O–H groups in total. The van der Waals surface area contributed by atoms with Crippen molar-refractivity contribution in [3.8, 4) is 0 Å². The van der Waals surface area contributed by atoms with Crippen molar-refractivity contribution in [3.63, 3.8) is 0 Å². The Morgan fingerprint density at radius 2 is 2.12 bits per heavy atom. The van der Waals surface area contributed by atoms with Crippen molar-refractivity contribution in [1.29, 1.82) is 0 Å². The summed E-state index contributed by atoms with van der Waals surface area (Å²) >= 11 is 0. The second kappa shape index (κ2) is 4.14. The number of anilines is 1. The van der Waals surface area contributed by atoms with Crippen molar-refractivity contribution in [1.82, 2.24) is 5.32 Å². The smallest absolute Gasteiger partial charge is 0.236 e. The molecule has 82 valence electrons. The van der Waals surface area contributed by atoms with Gasteiger partial charge in [-0.15, -0.1) is 0 Å². The Balaban J connectivity index is 2.18. The number of rotatable bonds is 2. The molecule has 1 aromatic rings. The number of nitrogens with one attached hydrogen (secondary N) is 1. The van der Waals surface area contributed by atoms with Gasteiger partial charge in [0.25, 0.3) is 0 Å². The van der Waals surface area contributed by atoms with Gasteiger partial charge in [0.05, 0.1) is 17.9 Å². The topological polar surface area (TPSA) is 84.5 Å². The van der Waals surface area contributed by atoms with E-state index >= 15 is 0 Å². The molecular weight excluding hydrogens is 206 g/mol. The normalized spacial score (nSPS) is 20.4. The maximum atomic E-state index is 11.3. The Labute approximate surface area is 92.4 Å². The van der Waals surface area contributed by atoms with Crippen molar-refractivity contribution < 1.29 is 9.59 Å². The molecule has 1 fully saturated rings. The molecule has 1 amide bonds. The van der Waals surface area contributed by atoms with Crippen LogP contribution in [0.5, 0.6) is 0 Å². The standard InChI is InChI=1S/C11H11N3O2/c12-8-3-1-2-4-9(8)13-5-7-10(15)6-14-11(7)16/h1-5,7H,6,12H2,(H,14,16). The minimum Gasteiger partial charge on any atom is -0.397 e.